The fourth-order valence-corrected chi connectivity index (χ4v) is 1.57. The Morgan fingerprint density at radius 2 is 1.89 bits per heavy atom. The highest BCUT2D eigenvalue weighted by atomic mass is 16.5. The van der Waals surface area contributed by atoms with Crippen LogP contribution >= 0.6 is 0 Å². The Balaban J connectivity index is 2.07. The predicted molar refractivity (Wildman–Crippen MR) is 68.5 cm³/mol. The minimum atomic E-state index is -1.01. The molecule has 0 aliphatic carbocycles. The Bertz CT molecular complexity index is 566. The Morgan fingerprint density at radius 1 is 1.21 bits per heavy atom. The van der Waals surface area contributed by atoms with Gasteiger partial charge in [0.2, 0.25) is 0 Å². The van der Waals surface area contributed by atoms with Crippen molar-refractivity contribution in [2.45, 2.75) is 6.61 Å². The normalized spacial score (nSPS) is 9.95. The van der Waals surface area contributed by atoms with Gasteiger partial charge in [-0.25, -0.2) is 4.79 Å². The quantitative estimate of drug-likeness (QED) is 0.892. The smallest absolute Gasteiger partial charge is 0.337 e. The summed E-state index contributed by atoms with van der Waals surface area (Å²) in [7, 11) is 1.59. The fourth-order valence-electron chi connectivity index (χ4n) is 1.57. The molecule has 2 aromatic rings. The molecule has 5 heteroatoms. The van der Waals surface area contributed by atoms with Crippen LogP contribution in [0.25, 0.3) is 0 Å². The first-order valence-electron chi connectivity index (χ1n) is 5.63. The Kier molecular flexibility index (Phi) is 3.97. The van der Waals surface area contributed by atoms with Crippen LogP contribution < -0.4 is 9.47 Å². The van der Waals surface area contributed by atoms with Gasteiger partial charge in [-0.1, -0.05) is 0 Å². The van der Waals surface area contributed by atoms with E-state index in [2.05, 4.69) is 4.98 Å². The van der Waals surface area contributed by atoms with Gasteiger partial charge in [-0.3, -0.25) is 4.98 Å². The van der Waals surface area contributed by atoms with Gasteiger partial charge in [0.25, 0.3) is 0 Å². The van der Waals surface area contributed by atoms with Crippen molar-refractivity contribution < 1.29 is 19.4 Å². The molecule has 0 spiro atoms. The molecule has 0 fully saturated rings. The molecule has 0 unspecified atom stereocenters. The first-order chi connectivity index (χ1) is 9.20. The van der Waals surface area contributed by atoms with E-state index >= 15 is 0 Å². The minimum Gasteiger partial charge on any atom is -0.497 e. The molecule has 0 bridgehead atoms. The van der Waals surface area contributed by atoms with Crippen LogP contribution in [0.3, 0.4) is 0 Å². The van der Waals surface area contributed by atoms with Gasteiger partial charge < -0.3 is 14.6 Å². The lowest BCUT2D eigenvalue weighted by Crippen LogP contribution is -2.06. The monoisotopic (exact) mass is 259 g/mol. The number of aromatic nitrogens is 1. The molecule has 2 rings (SSSR count). The average molecular weight is 259 g/mol. The first-order valence-corrected chi connectivity index (χ1v) is 5.63. The lowest BCUT2D eigenvalue weighted by Gasteiger charge is -2.08. The average Bonchev–Trinajstić information content (AvgIpc) is 2.46. The van der Waals surface area contributed by atoms with Gasteiger partial charge in [0.05, 0.1) is 12.7 Å². The van der Waals surface area contributed by atoms with Crippen LogP contribution in [0.1, 0.15) is 15.9 Å². The molecule has 19 heavy (non-hydrogen) atoms. The zero-order valence-corrected chi connectivity index (χ0v) is 10.4. The molecule has 0 saturated heterocycles. The standard InChI is InChI=1S/C14H13NO4/c1-18-11-2-4-12(5-3-11)19-9-10-6-7-15-8-13(10)14(16)17/h2-8H,9H2,1H3,(H,16,17). The van der Waals surface area contributed by atoms with Crippen molar-refractivity contribution in [3.05, 3.63) is 53.9 Å². The highest BCUT2D eigenvalue weighted by Gasteiger charge is 2.10. The van der Waals surface area contributed by atoms with E-state index in [0.717, 1.165) is 5.75 Å². The molecular formula is C14H13NO4. The van der Waals surface area contributed by atoms with Gasteiger partial charge in [-0.15, -0.1) is 0 Å². The van der Waals surface area contributed by atoms with Crippen LogP contribution in [0.4, 0.5) is 0 Å². The fraction of sp³-hybridized carbons (Fsp3) is 0.143. The van der Waals surface area contributed by atoms with Crippen LogP contribution in [0, 0.1) is 0 Å². The maximum atomic E-state index is 11.0. The predicted octanol–water partition coefficient (Wildman–Crippen LogP) is 2.37. The molecule has 98 valence electrons. The zero-order valence-electron chi connectivity index (χ0n) is 10.4. The van der Waals surface area contributed by atoms with E-state index in [9.17, 15) is 4.79 Å². The van der Waals surface area contributed by atoms with Crippen molar-refractivity contribution in [2.24, 2.45) is 0 Å². The molecule has 0 aliphatic rings. The van der Waals surface area contributed by atoms with Crippen LogP contribution in [0.5, 0.6) is 11.5 Å². The lowest BCUT2D eigenvalue weighted by molar-refractivity contribution is 0.0693. The summed E-state index contributed by atoms with van der Waals surface area (Å²) in [6, 6.07) is 8.72. The lowest BCUT2D eigenvalue weighted by atomic mass is 10.1. The van der Waals surface area contributed by atoms with Crippen LogP contribution in [-0.4, -0.2) is 23.2 Å². The van der Waals surface area contributed by atoms with E-state index in [0.29, 0.717) is 11.3 Å². The van der Waals surface area contributed by atoms with E-state index < -0.39 is 5.97 Å². The number of hydrogen-bond acceptors (Lipinski definition) is 4. The molecule has 1 aromatic heterocycles. The van der Waals surface area contributed by atoms with Crippen molar-refractivity contribution in [2.75, 3.05) is 7.11 Å². The molecule has 0 saturated carbocycles. The molecule has 1 N–H and O–H groups in total. The molecule has 0 aliphatic heterocycles. The number of hydrogen-bond donors (Lipinski definition) is 1. The first kappa shape index (κ1) is 12.9. The summed E-state index contributed by atoms with van der Waals surface area (Å²) in [6.45, 7) is 0.177. The molecule has 1 heterocycles. The molecule has 1 aromatic carbocycles. The van der Waals surface area contributed by atoms with Gasteiger partial charge in [-0.05, 0) is 30.3 Å². The number of rotatable bonds is 5. The number of methoxy groups -OCH3 is 1. The second-order valence-electron chi connectivity index (χ2n) is 3.80. The topological polar surface area (TPSA) is 68.7 Å². The molecule has 5 nitrogen and oxygen atoms in total. The number of carboxylic acids is 1. The third kappa shape index (κ3) is 3.22. The van der Waals surface area contributed by atoms with E-state index in [1.165, 1.54) is 6.20 Å². The number of carboxylic acid groups (broad SMARTS) is 1. The van der Waals surface area contributed by atoms with Crippen molar-refractivity contribution in [3.63, 3.8) is 0 Å². The van der Waals surface area contributed by atoms with Gasteiger partial charge in [0.1, 0.15) is 18.1 Å². The molecular weight excluding hydrogens is 246 g/mol. The van der Waals surface area contributed by atoms with E-state index in [1.807, 2.05) is 0 Å². The van der Waals surface area contributed by atoms with Gasteiger partial charge in [0, 0.05) is 18.0 Å². The number of aromatic carboxylic acids is 1. The Morgan fingerprint density at radius 3 is 2.53 bits per heavy atom. The molecule has 0 amide bonds. The van der Waals surface area contributed by atoms with Crippen molar-refractivity contribution >= 4 is 5.97 Å². The number of pyridine rings is 1. The van der Waals surface area contributed by atoms with Gasteiger partial charge >= 0.3 is 5.97 Å². The highest BCUT2D eigenvalue weighted by Crippen LogP contribution is 2.18. The number of benzene rings is 1. The summed E-state index contributed by atoms with van der Waals surface area (Å²) in [6.07, 6.45) is 2.86. The SMILES string of the molecule is COc1ccc(OCc2ccncc2C(=O)O)cc1. The second kappa shape index (κ2) is 5.86. The van der Waals surface area contributed by atoms with Crippen molar-refractivity contribution in [1.29, 1.82) is 0 Å². The van der Waals surface area contributed by atoms with Crippen LogP contribution in [0.15, 0.2) is 42.7 Å². The zero-order chi connectivity index (χ0) is 13.7. The summed E-state index contributed by atoms with van der Waals surface area (Å²) in [5.74, 6) is 0.373. The summed E-state index contributed by atoms with van der Waals surface area (Å²) in [5.41, 5.74) is 0.731. The van der Waals surface area contributed by atoms with E-state index in [-0.39, 0.29) is 12.2 Å². The maximum Gasteiger partial charge on any atom is 0.337 e. The highest BCUT2D eigenvalue weighted by molar-refractivity contribution is 5.88. The van der Waals surface area contributed by atoms with Gasteiger partial charge in [-0.2, -0.15) is 0 Å². The van der Waals surface area contributed by atoms with Crippen molar-refractivity contribution in [1.82, 2.24) is 4.98 Å². The summed E-state index contributed by atoms with van der Waals surface area (Å²) in [5, 5.41) is 9.02. The molecule has 0 atom stereocenters. The molecule has 0 radical (unpaired) electrons. The number of ether oxygens (including phenoxy) is 2. The third-order valence-electron chi connectivity index (χ3n) is 2.60. The second-order valence-corrected chi connectivity index (χ2v) is 3.80. The number of nitrogens with zero attached hydrogens (tertiary/aromatic N) is 1. The summed E-state index contributed by atoms with van der Waals surface area (Å²) in [4.78, 5) is 14.8. The largest absolute Gasteiger partial charge is 0.497 e. The van der Waals surface area contributed by atoms with E-state index in [1.54, 1.807) is 43.6 Å². The summed E-state index contributed by atoms with van der Waals surface area (Å²) < 4.78 is 10.6. The van der Waals surface area contributed by atoms with E-state index in [4.69, 9.17) is 14.6 Å². The summed E-state index contributed by atoms with van der Waals surface area (Å²) >= 11 is 0. The number of carbonyl (C=O) groups is 1. The third-order valence-corrected chi connectivity index (χ3v) is 2.60. The maximum absolute atomic E-state index is 11.0. The Labute approximate surface area is 110 Å². The van der Waals surface area contributed by atoms with Crippen LogP contribution in [-0.2, 0) is 6.61 Å². The van der Waals surface area contributed by atoms with Gasteiger partial charge in [0.15, 0.2) is 0 Å². The minimum absolute atomic E-state index is 0.149. The van der Waals surface area contributed by atoms with Crippen molar-refractivity contribution in [3.8, 4) is 11.5 Å². The Hall–Kier alpha value is -2.56. The van der Waals surface area contributed by atoms with Crippen LogP contribution in [0.2, 0.25) is 0 Å².